The summed E-state index contributed by atoms with van der Waals surface area (Å²) in [5.74, 6) is 2.03. The molecule has 1 N–H and O–H groups in total. The highest BCUT2D eigenvalue weighted by molar-refractivity contribution is 6.31. The highest BCUT2D eigenvalue weighted by atomic mass is 35.5. The third-order valence-corrected chi connectivity index (χ3v) is 5.55. The number of likely N-dealkylation sites (N-methyl/N-ethyl adjacent to an activating group) is 1. The average molecular weight is 440 g/mol. The molecule has 0 saturated carbocycles. The van der Waals surface area contributed by atoms with Gasteiger partial charge in [-0.05, 0) is 30.8 Å². The number of rotatable bonds is 7. The first-order valence-electron chi connectivity index (χ1n) is 10.3. The Bertz CT molecular complexity index is 1010. The zero-order valence-corrected chi connectivity index (χ0v) is 18.5. The van der Waals surface area contributed by atoms with Crippen molar-refractivity contribution in [2.75, 3.05) is 50.1 Å². The molecule has 1 fully saturated rings. The fourth-order valence-corrected chi connectivity index (χ4v) is 3.64. The summed E-state index contributed by atoms with van der Waals surface area (Å²) in [5.41, 5.74) is 1.91. The summed E-state index contributed by atoms with van der Waals surface area (Å²) in [5, 5.41) is 3.55. The fourth-order valence-electron chi connectivity index (χ4n) is 3.51. The Kier molecular flexibility index (Phi) is 6.74. The SMILES string of the molecule is CCN1CCN(c2ccc(Nc3ncc(Cl)c(Oc4ccccc4)n3)c(OC)c2)CC1. The van der Waals surface area contributed by atoms with E-state index in [1.807, 2.05) is 42.5 Å². The monoisotopic (exact) mass is 439 g/mol. The van der Waals surface area contributed by atoms with E-state index in [9.17, 15) is 0 Å². The summed E-state index contributed by atoms with van der Waals surface area (Å²) in [6, 6.07) is 15.5. The Labute approximate surface area is 187 Å². The predicted octanol–water partition coefficient (Wildman–Crippen LogP) is 4.82. The number of nitrogens with zero attached hydrogens (tertiary/aromatic N) is 4. The molecule has 1 aliphatic rings. The van der Waals surface area contributed by atoms with Crippen LogP contribution in [0, 0.1) is 0 Å². The number of ether oxygens (including phenoxy) is 2. The number of methoxy groups -OCH3 is 1. The van der Waals surface area contributed by atoms with E-state index >= 15 is 0 Å². The lowest BCUT2D eigenvalue weighted by Gasteiger charge is -2.35. The molecule has 0 aliphatic carbocycles. The van der Waals surface area contributed by atoms with Gasteiger partial charge in [-0.3, -0.25) is 0 Å². The first-order chi connectivity index (χ1) is 15.2. The molecule has 8 heteroatoms. The molecule has 2 heterocycles. The molecule has 2 aromatic carbocycles. The first-order valence-corrected chi connectivity index (χ1v) is 10.7. The van der Waals surface area contributed by atoms with Crippen molar-refractivity contribution in [2.45, 2.75) is 6.92 Å². The van der Waals surface area contributed by atoms with E-state index in [4.69, 9.17) is 21.1 Å². The van der Waals surface area contributed by atoms with Crippen molar-refractivity contribution in [1.29, 1.82) is 0 Å². The van der Waals surface area contributed by atoms with Crippen LogP contribution >= 0.6 is 11.6 Å². The Balaban J connectivity index is 1.50. The highest BCUT2D eigenvalue weighted by Gasteiger charge is 2.18. The van der Waals surface area contributed by atoms with E-state index < -0.39 is 0 Å². The van der Waals surface area contributed by atoms with Crippen LogP contribution in [0.15, 0.2) is 54.7 Å². The van der Waals surface area contributed by atoms with Crippen molar-refractivity contribution < 1.29 is 9.47 Å². The number of hydrogen-bond acceptors (Lipinski definition) is 7. The minimum absolute atomic E-state index is 0.287. The standard InChI is InChI=1S/C23H26ClN5O2/c1-3-28-11-13-29(14-12-28)17-9-10-20(21(15-17)30-2)26-23-25-16-19(24)22(27-23)31-18-7-5-4-6-8-18/h4-10,15-16H,3,11-14H2,1-2H3,(H,25,26,27). The molecule has 4 rings (SSSR count). The van der Waals surface area contributed by atoms with Gasteiger partial charge in [0.2, 0.25) is 11.8 Å². The Hall–Kier alpha value is -3.03. The van der Waals surface area contributed by atoms with E-state index in [0.29, 0.717) is 16.7 Å². The molecular weight excluding hydrogens is 414 g/mol. The van der Waals surface area contributed by atoms with Crippen LogP contribution in [0.4, 0.5) is 17.3 Å². The van der Waals surface area contributed by atoms with Gasteiger partial charge in [0, 0.05) is 37.9 Å². The molecule has 1 aliphatic heterocycles. The minimum atomic E-state index is 0.287. The van der Waals surface area contributed by atoms with Gasteiger partial charge in [-0.2, -0.15) is 4.98 Å². The van der Waals surface area contributed by atoms with Gasteiger partial charge in [0.05, 0.1) is 19.0 Å². The molecule has 0 atom stereocenters. The van der Waals surface area contributed by atoms with Crippen LogP contribution < -0.4 is 19.7 Å². The Morgan fingerprint density at radius 1 is 1.06 bits per heavy atom. The maximum Gasteiger partial charge on any atom is 0.243 e. The Morgan fingerprint density at radius 3 is 2.55 bits per heavy atom. The molecule has 162 valence electrons. The molecule has 3 aromatic rings. The minimum Gasteiger partial charge on any atom is -0.494 e. The van der Waals surface area contributed by atoms with Crippen molar-refractivity contribution in [2.24, 2.45) is 0 Å². The quantitative estimate of drug-likeness (QED) is 0.566. The highest BCUT2D eigenvalue weighted by Crippen LogP contribution is 2.33. The topological polar surface area (TPSA) is 62.8 Å². The number of halogens is 1. The zero-order chi connectivity index (χ0) is 21.6. The normalized spacial score (nSPS) is 14.4. The van der Waals surface area contributed by atoms with Crippen LogP contribution in [0.2, 0.25) is 5.02 Å². The predicted molar refractivity (Wildman–Crippen MR) is 124 cm³/mol. The lowest BCUT2D eigenvalue weighted by molar-refractivity contribution is 0.271. The van der Waals surface area contributed by atoms with Gasteiger partial charge in [0.25, 0.3) is 0 Å². The van der Waals surface area contributed by atoms with Crippen LogP contribution in [0.3, 0.4) is 0 Å². The van der Waals surface area contributed by atoms with Gasteiger partial charge in [0.1, 0.15) is 16.5 Å². The number of hydrogen-bond donors (Lipinski definition) is 1. The molecule has 0 bridgehead atoms. The molecule has 0 amide bonds. The van der Waals surface area contributed by atoms with Gasteiger partial charge >= 0.3 is 0 Å². The number of para-hydroxylation sites is 1. The molecule has 0 radical (unpaired) electrons. The Morgan fingerprint density at radius 2 is 1.84 bits per heavy atom. The average Bonchev–Trinajstić information content (AvgIpc) is 2.82. The molecule has 0 spiro atoms. The molecule has 7 nitrogen and oxygen atoms in total. The van der Waals surface area contributed by atoms with Gasteiger partial charge in [-0.15, -0.1) is 0 Å². The van der Waals surface area contributed by atoms with Crippen molar-refractivity contribution >= 4 is 28.9 Å². The summed E-state index contributed by atoms with van der Waals surface area (Å²) < 4.78 is 11.4. The second kappa shape index (κ2) is 9.85. The van der Waals surface area contributed by atoms with Gasteiger partial charge < -0.3 is 24.6 Å². The van der Waals surface area contributed by atoms with E-state index in [1.54, 1.807) is 7.11 Å². The molecule has 1 aromatic heterocycles. The van der Waals surface area contributed by atoms with Crippen LogP contribution in [0.5, 0.6) is 17.4 Å². The van der Waals surface area contributed by atoms with Crippen LogP contribution in [-0.2, 0) is 0 Å². The van der Waals surface area contributed by atoms with Gasteiger partial charge in [-0.25, -0.2) is 4.98 Å². The van der Waals surface area contributed by atoms with Crippen LogP contribution in [0.1, 0.15) is 6.92 Å². The second-order valence-electron chi connectivity index (χ2n) is 7.19. The first kappa shape index (κ1) is 21.2. The van der Waals surface area contributed by atoms with Crippen molar-refractivity contribution in [3.05, 3.63) is 59.8 Å². The maximum atomic E-state index is 6.22. The van der Waals surface area contributed by atoms with Crippen LogP contribution in [-0.4, -0.2) is 54.7 Å². The number of piperazine rings is 1. The summed E-state index contributed by atoms with van der Waals surface area (Å²) in [4.78, 5) is 13.5. The number of anilines is 3. The zero-order valence-electron chi connectivity index (χ0n) is 17.7. The maximum absolute atomic E-state index is 6.22. The third-order valence-electron chi connectivity index (χ3n) is 5.29. The van der Waals surface area contributed by atoms with Crippen molar-refractivity contribution in [1.82, 2.24) is 14.9 Å². The van der Waals surface area contributed by atoms with Gasteiger partial charge in [-0.1, -0.05) is 36.7 Å². The second-order valence-corrected chi connectivity index (χ2v) is 7.60. The molecule has 0 unspecified atom stereocenters. The van der Waals surface area contributed by atoms with Crippen molar-refractivity contribution in [3.8, 4) is 17.4 Å². The van der Waals surface area contributed by atoms with Crippen LogP contribution in [0.25, 0.3) is 0 Å². The van der Waals surface area contributed by atoms with E-state index in [2.05, 4.69) is 38.1 Å². The lowest BCUT2D eigenvalue weighted by Crippen LogP contribution is -2.46. The molecular formula is C23H26ClN5O2. The smallest absolute Gasteiger partial charge is 0.243 e. The lowest BCUT2D eigenvalue weighted by atomic mass is 10.2. The number of benzene rings is 2. The van der Waals surface area contributed by atoms with Crippen molar-refractivity contribution in [3.63, 3.8) is 0 Å². The largest absolute Gasteiger partial charge is 0.494 e. The molecule has 31 heavy (non-hydrogen) atoms. The fraction of sp³-hybridized carbons (Fsp3) is 0.304. The van der Waals surface area contributed by atoms with E-state index in [0.717, 1.165) is 49.8 Å². The summed E-state index contributed by atoms with van der Waals surface area (Å²) >= 11 is 6.22. The number of nitrogens with one attached hydrogen (secondary N) is 1. The van der Waals surface area contributed by atoms with E-state index in [1.165, 1.54) is 6.20 Å². The summed E-state index contributed by atoms with van der Waals surface area (Å²) in [6.45, 7) is 7.45. The van der Waals surface area contributed by atoms with E-state index in [-0.39, 0.29) is 5.88 Å². The third kappa shape index (κ3) is 5.18. The molecule has 1 saturated heterocycles. The summed E-state index contributed by atoms with van der Waals surface area (Å²) in [7, 11) is 1.66. The summed E-state index contributed by atoms with van der Waals surface area (Å²) in [6.07, 6.45) is 1.52. The van der Waals surface area contributed by atoms with Gasteiger partial charge in [0.15, 0.2) is 0 Å². The number of aromatic nitrogens is 2.